The molecule has 0 spiro atoms. The Morgan fingerprint density at radius 2 is 2.21 bits per heavy atom. The lowest BCUT2D eigenvalue weighted by atomic mass is 10.1. The van der Waals surface area contributed by atoms with E-state index in [9.17, 15) is 4.79 Å². The fourth-order valence-electron chi connectivity index (χ4n) is 2.21. The van der Waals surface area contributed by atoms with Gasteiger partial charge in [-0.05, 0) is 26.0 Å². The van der Waals surface area contributed by atoms with Crippen LogP contribution < -0.4 is 20.7 Å². The van der Waals surface area contributed by atoms with E-state index < -0.39 is 0 Å². The molecule has 3 N–H and O–H groups in total. The number of hydrogen-bond acceptors (Lipinski definition) is 4. The fraction of sp³-hybridized carbons (Fsp3) is 0.500. The molecule has 1 saturated heterocycles. The molecule has 0 radical (unpaired) electrons. The number of benzene rings is 1. The van der Waals surface area contributed by atoms with E-state index in [0.717, 1.165) is 11.4 Å². The molecule has 1 unspecified atom stereocenters. The molecule has 1 fully saturated rings. The molecule has 104 valence electrons. The van der Waals surface area contributed by atoms with Crippen molar-refractivity contribution in [2.24, 2.45) is 5.73 Å². The lowest BCUT2D eigenvalue weighted by Crippen LogP contribution is -2.56. The average molecular weight is 263 g/mol. The van der Waals surface area contributed by atoms with Crippen molar-refractivity contribution in [3.8, 4) is 5.75 Å². The molecule has 0 saturated carbocycles. The number of carbonyl (C=O) groups excluding carboxylic acids is 1. The first-order valence-electron chi connectivity index (χ1n) is 6.60. The smallest absolute Gasteiger partial charge is 0.239 e. The minimum Gasteiger partial charge on any atom is -0.489 e. The Balaban J connectivity index is 2.22. The predicted octanol–water partition coefficient (Wildman–Crippen LogP) is 0.737. The van der Waals surface area contributed by atoms with Crippen LogP contribution in [0.1, 0.15) is 13.8 Å². The third-order valence-corrected chi connectivity index (χ3v) is 2.99. The molecule has 1 heterocycles. The average Bonchev–Trinajstić information content (AvgIpc) is 2.38. The molecule has 1 aromatic rings. The number of hydrogen-bond donors (Lipinski definition) is 2. The van der Waals surface area contributed by atoms with Crippen LogP contribution in [-0.2, 0) is 4.79 Å². The monoisotopic (exact) mass is 263 g/mol. The number of piperazine rings is 1. The number of carbonyl (C=O) groups is 1. The maximum atomic E-state index is 11.7. The SMILES string of the molecule is CC(C)Oc1ccccc1N1CC(=O)NC(CN)C1. The van der Waals surface area contributed by atoms with Gasteiger partial charge in [-0.2, -0.15) is 0 Å². The summed E-state index contributed by atoms with van der Waals surface area (Å²) in [5.74, 6) is 0.809. The zero-order chi connectivity index (χ0) is 13.8. The van der Waals surface area contributed by atoms with Gasteiger partial charge in [-0.1, -0.05) is 12.1 Å². The van der Waals surface area contributed by atoms with E-state index >= 15 is 0 Å². The van der Waals surface area contributed by atoms with Gasteiger partial charge < -0.3 is 20.7 Å². The minimum atomic E-state index is -0.00615. The number of para-hydroxylation sites is 2. The Morgan fingerprint density at radius 3 is 2.89 bits per heavy atom. The summed E-state index contributed by atoms with van der Waals surface area (Å²) in [4.78, 5) is 13.7. The number of nitrogens with zero attached hydrogens (tertiary/aromatic N) is 1. The molecule has 2 rings (SSSR count). The summed E-state index contributed by atoms with van der Waals surface area (Å²) >= 11 is 0. The Bertz CT molecular complexity index is 448. The Hall–Kier alpha value is -1.75. The fourth-order valence-corrected chi connectivity index (χ4v) is 2.21. The summed E-state index contributed by atoms with van der Waals surface area (Å²) < 4.78 is 5.80. The second-order valence-electron chi connectivity index (χ2n) is 5.01. The molecule has 19 heavy (non-hydrogen) atoms. The predicted molar refractivity (Wildman–Crippen MR) is 75.4 cm³/mol. The Morgan fingerprint density at radius 1 is 1.47 bits per heavy atom. The summed E-state index contributed by atoms with van der Waals surface area (Å²) in [5.41, 5.74) is 6.60. The third-order valence-electron chi connectivity index (χ3n) is 2.99. The second-order valence-corrected chi connectivity index (χ2v) is 5.01. The molecular weight excluding hydrogens is 242 g/mol. The van der Waals surface area contributed by atoms with E-state index in [1.165, 1.54) is 0 Å². The van der Waals surface area contributed by atoms with E-state index in [-0.39, 0.29) is 18.1 Å². The lowest BCUT2D eigenvalue weighted by Gasteiger charge is -2.35. The third kappa shape index (κ3) is 3.38. The number of amides is 1. The molecule has 1 atom stereocenters. The summed E-state index contributed by atoms with van der Waals surface area (Å²) in [7, 11) is 0. The highest BCUT2D eigenvalue weighted by atomic mass is 16.5. The number of rotatable bonds is 4. The van der Waals surface area contributed by atoms with Crippen LogP contribution in [0.25, 0.3) is 0 Å². The normalized spacial score (nSPS) is 19.5. The highest BCUT2D eigenvalue weighted by molar-refractivity contribution is 5.83. The van der Waals surface area contributed by atoms with Crippen molar-refractivity contribution in [3.63, 3.8) is 0 Å². The molecule has 5 nitrogen and oxygen atoms in total. The van der Waals surface area contributed by atoms with Crippen molar-refractivity contribution in [3.05, 3.63) is 24.3 Å². The summed E-state index contributed by atoms with van der Waals surface area (Å²) in [6.45, 7) is 5.47. The summed E-state index contributed by atoms with van der Waals surface area (Å²) in [6, 6.07) is 7.79. The van der Waals surface area contributed by atoms with Crippen LogP contribution in [0.2, 0.25) is 0 Å². The van der Waals surface area contributed by atoms with Crippen LogP contribution in [0.15, 0.2) is 24.3 Å². The zero-order valence-corrected chi connectivity index (χ0v) is 11.4. The van der Waals surface area contributed by atoms with Crippen molar-refractivity contribution in [1.82, 2.24) is 5.32 Å². The Kier molecular flexibility index (Phi) is 4.27. The first-order valence-corrected chi connectivity index (χ1v) is 6.60. The molecule has 1 aromatic carbocycles. The molecular formula is C14H21N3O2. The molecule has 1 aliphatic heterocycles. The molecule has 5 heteroatoms. The Labute approximate surface area is 113 Å². The van der Waals surface area contributed by atoms with E-state index in [0.29, 0.717) is 19.6 Å². The van der Waals surface area contributed by atoms with Crippen LogP contribution in [0.5, 0.6) is 5.75 Å². The quantitative estimate of drug-likeness (QED) is 0.840. The first kappa shape index (κ1) is 13.7. The highest BCUT2D eigenvalue weighted by Crippen LogP contribution is 2.29. The maximum Gasteiger partial charge on any atom is 0.239 e. The van der Waals surface area contributed by atoms with Gasteiger partial charge in [0, 0.05) is 13.1 Å². The molecule has 1 amide bonds. The zero-order valence-electron chi connectivity index (χ0n) is 11.4. The molecule has 1 aliphatic rings. The van der Waals surface area contributed by atoms with E-state index in [1.54, 1.807) is 0 Å². The van der Waals surface area contributed by atoms with Gasteiger partial charge >= 0.3 is 0 Å². The number of nitrogens with one attached hydrogen (secondary N) is 1. The molecule has 0 bridgehead atoms. The second kappa shape index (κ2) is 5.93. The van der Waals surface area contributed by atoms with Gasteiger partial charge in [0.15, 0.2) is 0 Å². The van der Waals surface area contributed by atoms with Gasteiger partial charge in [0.25, 0.3) is 0 Å². The van der Waals surface area contributed by atoms with E-state index in [1.807, 2.05) is 43.0 Å². The van der Waals surface area contributed by atoms with Gasteiger partial charge in [-0.3, -0.25) is 4.79 Å². The van der Waals surface area contributed by atoms with Gasteiger partial charge in [-0.15, -0.1) is 0 Å². The number of anilines is 1. The standard InChI is InChI=1S/C14H21N3O2/c1-10(2)19-13-6-4-3-5-12(13)17-8-11(7-15)16-14(18)9-17/h3-6,10-11H,7-9,15H2,1-2H3,(H,16,18). The highest BCUT2D eigenvalue weighted by Gasteiger charge is 2.25. The van der Waals surface area contributed by atoms with E-state index in [4.69, 9.17) is 10.5 Å². The summed E-state index contributed by atoms with van der Waals surface area (Å²) in [5, 5.41) is 2.88. The van der Waals surface area contributed by atoms with Crippen molar-refractivity contribution in [2.75, 3.05) is 24.5 Å². The van der Waals surface area contributed by atoms with Crippen LogP contribution in [0.3, 0.4) is 0 Å². The van der Waals surface area contributed by atoms with Gasteiger partial charge in [0.05, 0.1) is 24.4 Å². The minimum absolute atomic E-state index is 0.000972. The number of nitrogens with two attached hydrogens (primary N) is 1. The first-order chi connectivity index (χ1) is 9.10. The lowest BCUT2D eigenvalue weighted by molar-refractivity contribution is -0.121. The largest absolute Gasteiger partial charge is 0.489 e. The van der Waals surface area contributed by atoms with Gasteiger partial charge in [-0.25, -0.2) is 0 Å². The van der Waals surface area contributed by atoms with E-state index in [2.05, 4.69) is 5.32 Å². The van der Waals surface area contributed by atoms with Crippen molar-refractivity contribution < 1.29 is 9.53 Å². The van der Waals surface area contributed by atoms with Crippen molar-refractivity contribution in [1.29, 1.82) is 0 Å². The van der Waals surface area contributed by atoms with Crippen LogP contribution in [0, 0.1) is 0 Å². The maximum absolute atomic E-state index is 11.7. The van der Waals surface area contributed by atoms with Crippen molar-refractivity contribution in [2.45, 2.75) is 26.0 Å². The molecule has 0 aromatic heterocycles. The molecule has 0 aliphatic carbocycles. The van der Waals surface area contributed by atoms with Crippen molar-refractivity contribution >= 4 is 11.6 Å². The summed E-state index contributed by atoms with van der Waals surface area (Å²) in [6.07, 6.45) is 0.102. The topological polar surface area (TPSA) is 67.6 Å². The number of ether oxygens (including phenoxy) is 1. The van der Waals surface area contributed by atoms with Crippen LogP contribution in [0.4, 0.5) is 5.69 Å². The van der Waals surface area contributed by atoms with Crippen LogP contribution in [-0.4, -0.2) is 37.7 Å². The van der Waals surface area contributed by atoms with Gasteiger partial charge in [0.1, 0.15) is 5.75 Å². The van der Waals surface area contributed by atoms with Crippen LogP contribution >= 0.6 is 0 Å². The van der Waals surface area contributed by atoms with Gasteiger partial charge in [0.2, 0.25) is 5.91 Å².